The first-order valence-corrected chi connectivity index (χ1v) is 11.4. The van der Waals surface area contributed by atoms with Crippen LogP contribution in [-0.2, 0) is 16.0 Å². The molecule has 0 spiro atoms. The van der Waals surface area contributed by atoms with Gasteiger partial charge < -0.3 is 20.7 Å². The number of rotatable bonds is 10. The zero-order valence-electron chi connectivity index (χ0n) is 17.2. The molecule has 2 amide bonds. The van der Waals surface area contributed by atoms with Gasteiger partial charge in [0, 0.05) is 11.4 Å². The molecule has 162 valence electrons. The molecule has 3 rings (SSSR count). The molecule has 10 heteroatoms. The van der Waals surface area contributed by atoms with Crippen LogP contribution in [0.1, 0.15) is 12.5 Å². The minimum absolute atomic E-state index is 0.0855. The number of carbonyl (C=O) groups excluding carboxylic acids is 2. The summed E-state index contributed by atoms with van der Waals surface area (Å²) in [6.07, 6.45) is 0.816. The van der Waals surface area contributed by atoms with Crippen LogP contribution in [0.3, 0.4) is 0 Å². The van der Waals surface area contributed by atoms with Crippen LogP contribution in [0, 0.1) is 0 Å². The summed E-state index contributed by atoms with van der Waals surface area (Å²) in [5.74, 6) is 0.411. The molecule has 31 heavy (non-hydrogen) atoms. The second-order valence-corrected chi connectivity index (χ2v) is 8.55. The van der Waals surface area contributed by atoms with Gasteiger partial charge in [-0.2, -0.15) is 0 Å². The van der Waals surface area contributed by atoms with Crippen LogP contribution in [0.2, 0.25) is 0 Å². The van der Waals surface area contributed by atoms with E-state index < -0.39 is 0 Å². The van der Waals surface area contributed by atoms with E-state index in [0.29, 0.717) is 9.47 Å². The minimum atomic E-state index is -0.263. The lowest BCUT2D eigenvalue weighted by Crippen LogP contribution is -2.34. The predicted octanol–water partition coefficient (Wildman–Crippen LogP) is 3.70. The Hall–Kier alpha value is -3.11. The Morgan fingerprint density at radius 2 is 1.84 bits per heavy atom. The number of thioether (sulfide) groups is 1. The van der Waals surface area contributed by atoms with E-state index in [4.69, 9.17) is 4.74 Å². The molecule has 0 fully saturated rings. The van der Waals surface area contributed by atoms with E-state index in [1.807, 2.05) is 55.5 Å². The van der Waals surface area contributed by atoms with Crippen molar-refractivity contribution in [3.63, 3.8) is 0 Å². The van der Waals surface area contributed by atoms with Gasteiger partial charge in [-0.3, -0.25) is 9.59 Å². The number of carbonyl (C=O) groups is 2. The van der Waals surface area contributed by atoms with Crippen molar-refractivity contribution < 1.29 is 14.3 Å². The normalized spacial score (nSPS) is 10.4. The zero-order valence-corrected chi connectivity index (χ0v) is 18.8. The Morgan fingerprint density at radius 3 is 2.58 bits per heavy atom. The molecule has 0 aliphatic carbocycles. The summed E-state index contributed by atoms with van der Waals surface area (Å²) in [4.78, 5) is 24.2. The molecule has 8 nitrogen and oxygen atoms in total. The molecule has 0 atom stereocenters. The molecule has 0 aliphatic heterocycles. The number of aromatic nitrogens is 2. The van der Waals surface area contributed by atoms with Crippen molar-refractivity contribution in [2.75, 3.05) is 30.0 Å². The standard InChI is InChI=1S/C21H23N5O3S2/c1-3-14-6-4-5-7-17(14)24-18(27)12-22-19(28)13-30-21-26-25-20(31-21)23-15-8-10-16(29-2)11-9-15/h4-11H,3,12-13H2,1-2H3,(H,22,28)(H,23,25)(H,24,27). The number of amides is 2. The molecular formula is C21H23N5O3S2. The van der Waals surface area contributed by atoms with Gasteiger partial charge in [-0.25, -0.2) is 0 Å². The van der Waals surface area contributed by atoms with E-state index in [1.165, 1.54) is 23.1 Å². The minimum Gasteiger partial charge on any atom is -0.497 e. The number of hydrogen-bond acceptors (Lipinski definition) is 8. The highest BCUT2D eigenvalue weighted by molar-refractivity contribution is 8.01. The van der Waals surface area contributed by atoms with Gasteiger partial charge in [0.05, 0.1) is 19.4 Å². The highest BCUT2D eigenvalue weighted by Crippen LogP contribution is 2.28. The first-order chi connectivity index (χ1) is 15.1. The Bertz CT molecular complexity index is 1020. The number of ether oxygens (including phenoxy) is 1. The third-order valence-corrected chi connectivity index (χ3v) is 6.16. The van der Waals surface area contributed by atoms with Crippen LogP contribution >= 0.6 is 23.1 Å². The average molecular weight is 458 g/mol. The van der Waals surface area contributed by atoms with E-state index in [0.717, 1.165) is 29.1 Å². The summed E-state index contributed by atoms with van der Waals surface area (Å²) in [5, 5.41) is 17.4. The van der Waals surface area contributed by atoms with Crippen LogP contribution in [0.25, 0.3) is 0 Å². The van der Waals surface area contributed by atoms with Crippen LogP contribution < -0.4 is 20.7 Å². The number of aryl methyl sites for hydroxylation is 1. The third-order valence-electron chi connectivity index (χ3n) is 4.19. The Morgan fingerprint density at radius 1 is 1.06 bits per heavy atom. The molecule has 0 aliphatic rings. The Labute approximate surface area is 188 Å². The number of benzene rings is 2. The Kier molecular flexibility index (Phi) is 8.25. The highest BCUT2D eigenvalue weighted by Gasteiger charge is 2.11. The first kappa shape index (κ1) is 22.6. The lowest BCUT2D eigenvalue weighted by Gasteiger charge is -2.10. The van der Waals surface area contributed by atoms with Crippen molar-refractivity contribution in [2.24, 2.45) is 0 Å². The number of hydrogen-bond donors (Lipinski definition) is 3. The molecule has 3 N–H and O–H groups in total. The quantitative estimate of drug-likeness (QED) is 0.399. The summed E-state index contributed by atoms with van der Waals surface area (Å²) in [6, 6.07) is 15.1. The van der Waals surface area contributed by atoms with E-state index in [-0.39, 0.29) is 24.1 Å². The van der Waals surface area contributed by atoms with Crippen molar-refractivity contribution in [3.8, 4) is 5.75 Å². The van der Waals surface area contributed by atoms with Crippen molar-refractivity contribution in [1.82, 2.24) is 15.5 Å². The van der Waals surface area contributed by atoms with Gasteiger partial charge >= 0.3 is 0 Å². The molecule has 0 saturated carbocycles. The van der Waals surface area contributed by atoms with Gasteiger partial charge in [0.15, 0.2) is 4.34 Å². The number of nitrogens with one attached hydrogen (secondary N) is 3. The van der Waals surface area contributed by atoms with Crippen molar-refractivity contribution >= 4 is 51.4 Å². The van der Waals surface area contributed by atoms with Crippen molar-refractivity contribution in [3.05, 3.63) is 54.1 Å². The molecular weight excluding hydrogens is 434 g/mol. The lowest BCUT2D eigenvalue weighted by atomic mass is 10.1. The summed E-state index contributed by atoms with van der Waals surface area (Å²) in [6.45, 7) is 1.94. The molecule has 0 bridgehead atoms. The van der Waals surface area contributed by atoms with E-state index >= 15 is 0 Å². The van der Waals surface area contributed by atoms with E-state index in [1.54, 1.807) is 7.11 Å². The topological polar surface area (TPSA) is 105 Å². The SMILES string of the molecule is CCc1ccccc1NC(=O)CNC(=O)CSc1nnc(Nc2ccc(OC)cc2)s1. The predicted molar refractivity (Wildman–Crippen MR) is 124 cm³/mol. The van der Waals surface area contributed by atoms with Crippen LogP contribution in [-0.4, -0.2) is 41.4 Å². The maximum atomic E-state index is 12.1. The largest absolute Gasteiger partial charge is 0.497 e. The van der Waals surface area contributed by atoms with E-state index in [2.05, 4.69) is 26.1 Å². The fourth-order valence-electron chi connectivity index (χ4n) is 2.62. The fourth-order valence-corrected chi connectivity index (χ4v) is 4.22. The molecule has 1 heterocycles. The third kappa shape index (κ3) is 6.97. The molecule has 0 saturated heterocycles. The fraction of sp³-hybridized carbons (Fsp3) is 0.238. The van der Waals surface area contributed by atoms with Gasteiger partial charge in [0.1, 0.15) is 5.75 Å². The maximum Gasteiger partial charge on any atom is 0.243 e. The molecule has 0 unspecified atom stereocenters. The van der Waals surface area contributed by atoms with Gasteiger partial charge in [-0.1, -0.05) is 48.2 Å². The molecule has 1 aromatic heterocycles. The van der Waals surface area contributed by atoms with Gasteiger partial charge in [0.25, 0.3) is 0 Å². The summed E-state index contributed by atoms with van der Waals surface area (Å²) in [5.41, 5.74) is 2.68. The Balaban J connectivity index is 1.41. The second-order valence-electron chi connectivity index (χ2n) is 6.35. The highest BCUT2D eigenvalue weighted by atomic mass is 32.2. The van der Waals surface area contributed by atoms with Crippen molar-refractivity contribution in [2.45, 2.75) is 17.7 Å². The lowest BCUT2D eigenvalue weighted by molar-refractivity contribution is -0.122. The van der Waals surface area contributed by atoms with Gasteiger partial charge in [-0.05, 0) is 42.3 Å². The number of anilines is 3. The zero-order chi connectivity index (χ0) is 22.1. The molecule has 2 aromatic carbocycles. The van der Waals surface area contributed by atoms with Gasteiger partial charge in [-0.15, -0.1) is 10.2 Å². The smallest absolute Gasteiger partial charge is 0.243 e. The first-order valence-electron chi connectivity index (χ1n) is 9.59. The monoisotopic (exact) mass is 457 g/mol. The molecule has 3 aromatic rings. The van der Waals surface area contributed by atoms with Crippen LogP contribution in [0.15, 0.2) is 52.9 Å². The summed E-state index contributed by atoms with van der Waals surface area (Å²) < 4.78 is 5.79. The number of methoxy groups -OCH3 is 1. The van der Waals surface area contributed by atoms with Gasteiger partial charge in [0.2, 0.25) is 16.9 Å². The maximum absolute atomic E-state index is 12.1. The number of para-hydroxylation sites is 1. The van der Waals surface area contributed by atoms with E-state index in [9.17, 15) is 9.59 Å². The molecule has 0 radical (unpaired) electrons. The van der Waals surface area contributed by atoms with Crippen molar-refractivity contribution in [1.29, 1.82) is 0 Å². The van der Waals surface area contributed by atoms with Crippen LogP contribution in [0.5, 0.6) is 5.75 Å². The summed E-state index contributed by atoms with van der Waals surface area (Å²) >= 11 is 2.62. The average Bonchev–Trinajstić information content (AvgIpc) is 3.24. The second kappa shape index (κ2) is 11.3. The number of nitrogens with zero attached hydrogens (tertiary/aromatic N) is 2. The van der Waals surface area contributed by atoms with Crippen LogP contribution in [0.4, 0.5) is 16.5 Å². The summed E-state index contributed by atoms with van der Waals surface area (Å²) in [7, 11) is 1.62.